The van der Waals surface area contributed by atoms with Crippen molar-refractivity contribution < 1.29 is 9.52 Å². The molecule has 4 heteroatoms. The summed E-state index contributed by atoms with van der Waals surface area (Å²) in [6.45, 7) is 13.5. The molecule has 2 heterocycles. The molecule has 0 fully saturated rings. The highest BCUT2D eigenvalue weighted by atomic mass is 16.3. The third kappa shape index (κ3) is 4.28. The summed E-state index contributed by atoms with van der Waals surface area (Å²) in [5.74, 6) is 0.553. The zero-order valence-electron chi connectivity index (χ0n) is 21.8. The molecule has 0 atom stereocenters. The Balaban J connectivity index is 1.82. The van der Waals surface area contributed by atoms with E-state index in [4.69, 9.17) is 14.4 Å². The molecule has 0 aliphatic heterocycles. The third-order valence-electron chi connectivity index (χ3n) is 6.56. The molecule has 5 aromatic rings. The Bertz CT molecular complexity index is 1550. The zero-order chi connectivity index (χ0) is 25.7. The van der Waals surface area contributed by atoms with Crippen LogP contribution in [0.15, 0.2) is 83.4 Å². The van der Waals surface area contributed by atoms with Crippen LogP contribution in [-0.2, 0) is 10.8 Å². The van der Waals surface area contributed by atoms with Crippen LogP contribution in [0.2, 0.25) is 0 Å². The molecule has 0 spiro atoms. The number of aromatic nitrogens is 2. The van der Waals surface area contributed by atoms with E-state index in [2.05, 4.69) is 65.8 Å². The van der Waals surface area contributed by atoms with E-state index in [1.165, 1.54) is 11.1 Å². The van der Waals surface area contributed by atoms with Crippen molar-refractivity contribution in [2.75, 3.05) is 0 Å². The maximum Gasteiger partial charge on any atom is 0.231 e. The maximum absolute atomic E-state index is 10.4. The van der Waals surface area contributed by atoms with Gasteiger partial charge in [0.1, 0.15) is 11.3 Å². The predicted molar refractivity (Wildman–Crippen MR) is 147 cm³/mol. The summed E-state index contributed by atoms with van der Waals surface area (Å²) in [6.07, 6.45) is 1.84. The molecule has 0 saturated carbocycles. The Kier molecular flexibility index (Phi) is 5.71. The highest BCUT2D eigenvalue weighted by Gasteiger charge is 2.28. The topological polar surface area (TPSA) is 59.2 Å². The van der Waals surface area contributed by atoms with E-state index in [0.29, 0.717) is 17.0 Å². The van der Waals surface area contributed by atoms with Crippen molar-refractivity contribution in [3.8, 4) is 39.6 Å². The van der Waals surface area contributed by atoms with E-state index < -0.39 is 0 Å². The molecule has 2 aromatic heterocycles. The Morgan fingerprint density at radius 1 is 0.667 bits per heavy atom. The number of oxazole rings is 1. The minimum absolute atomic E-state index is 0.0662. The van der Waals surface area contributed by atoms with Gasteiger partial charge in [-0.3, -0.25) is 4.98 Å². The van der Waals surface area contributed by atoms with Crippen molar-refractivity contribution in [3.05, 3.63) is 90.1 Å². The number of para-hydroxylation sites is 2. The van der Waals surface area contributed by atoms with Crippen molar-refractivity contribution in [3.63, 3.8) is 0 Å². The Hall–Kier alpha value is -3.92. The Labute approximate surface area is 212 Å². The molecule has 0 saturated heterocycles. The number of benzene rings is 3. The van der Waals surface area contributed by atoms with Crippen LogP contribution in [0.4, 0.5) is 0 Å². The highest BCUT2D eigenvalue weighted by molar-refractivity contribution is 5.95. The lowest BCUT2D eigenvalue weighted by Crippen LogP contribution is -2.19. The van der Waals surface area contributed by atoms with Gasteiger partial charge in [-0.15, -0.1) is 0 Å². The first kappa shape index (κ1) is 23.8. The molecule has 4 nitrogen and oxygen atoms in total. The van der Waals surface area contributed by atoms with Crippen molar-refractivity contribution >= 4 is 11.1 Å². The van der Waals surface area contributed by atoms with Gasteiger partial charge in [-0.1, -0.05) is 77.9 Å². The fraction of sp³-hybridized carbons (Fsp3) is 0.250. The van der Waals surface area contributed by atoms with Gasteiger partial charge < -0.3 is 9.52 Å². The van der Waals surface area contributed by atoms with Crippen LogP contribution >= 0.6 is 0 Å². The lowest BCUT2D eigenvalue weighted by atomic mass is 9.74. The van der Waals surface area contributed by atoms with E-state index in [9.17, 15) is 5.11 Å². The lowest BCUT2D eigenvalue weighted by Gasteiger charge is -2.30. The molecule has 36 heavy (non-hydrogen) atoms. The van der Waals surface area contributed by atoms with Gasteiger partial charge in [0.05, 0.1) is 11.3 Å². The normalized spacial score (nSPS) is 12.3. The second-order valence-corrected chi connectivity index (χ2v) is 11.3. The van der Waals surface area contributed by atoms with Crippen LogP contribution in [0, 0.1) is 0 Å². The largest absolute Gasteiger partial charge is 0.507 e. The van der Waals surface area contributed by atoms with Crippen LogP contribution < -0.4 is 0 Å². The molecule has 182 valence electrons. The standard InChI is InChI=1S/C32H32N2O2/c1-31(2,3)24-19-25(32(4,5)6)23(26-14-9-10-17-33-26)18-22(24)20-13-11-16-28-29(20)34-30(36-28)21-12-7-8-15-27(21)35/h7-19,35H,1-6H3. The number of phenols is 1. The first-order valence-electron chi connectivity index (χ1n) is 12.3. The van der Waals surface area contributed by atoms with E-state index in [0.717, 1.165) is 27.9 Å². The van der Waals surface area contributed by atoms with Gasteiger partial charge in [0.2, 0.25) is 5.89 Å². The van der Waals surface area contributed by atoms with E-state index in [1.807, 2.05) is 42.6 Å². The summed E-state index contributed by atoms with van der Waals surface area (Å²) < 4.78 is 6.13. The molecule has 0 amide bonds. The van der Waals surface area contributed by atoms with Crippen LogP contribution in [0.25, 0.3) is 44.9 Å². The van der Waals surface area contributed by atoms with Gasteiger partial charge in [0, 0.05) is 17.3 Å². The summed E-state index contributed by atoms with van der Waals surface area (Å²) in [5, 5.41) is 10.4. The number of nitrogens with zero attached hydrogens (tertiary/aromatic N) is 2. The number of hydrogen-bond acceptors (Lipinski definition) is 4. The first-order chi connectivity index (χ1) is 17.0. The molecular formula is C32H32N2O2. The van der Waals surface area contributed by atoms with Gasteiger partial charge in [-0.05, 0) is 63.9 Å². The van der Waals surface area contributed by atoms with Gasteiger partial charge >= 0.3 is 0 Å². The highest BCUT2D eigenvalue weighted by Crippen LogP contribution is 2.44. The number of phenolic OH excluding ortho intramolecular Hbond substituents is 1. The second kappa shape index (κ2) is 8.63. The SMILES string of the molecule is CC(C)(C)c1cc(C(C)(C)C)c(-c2cccc3oc(-c4ccccc4O)nc23)cc1-c1ccccn1. The molecular weight excluding hydrogens is 444 g/mol. The number of pyridine rings is 1. The fourth-order valence-electron chi connectivity index (χ4n) is 4.73. The molecule has 0 bridgehead atoms. The smallest absolute Gasteiger partial charge is 0.231 e. The van der Waals surface area contributed by atoms with Crippen molar-refractivity contribution in [1.82, 2.24) is 9.97 Å². The summed E-state index contributed by atoms with van der Waals surface area (Å²) in [4.78, 5) is 9.58. The summed E-state index contributed by atoms with van der Waals surface area (Å²) in [6, 6.07) is 23.8. The molecule has 0 aliphatic rings. The van der Waals surface area contributed by atoms with Crippen LogP contribution in [0.3, 0.4) is 0 Å². The first-order valence-corrected chi connectivity index (χ1v) is 12.3. The zero-order valence-corrected chi connectivity index (χ0v) is 21.8. The Morgan fingerprint density at radius 3 is 2.00 bits per heavy atom. The van der Waals surface area contributed by atoms with Gasteiger partial charge in [-0.2, -0.15) is 0 Å². The minimum Gasteiger partial charge on any atom is -0.507 e. The molecule has 0 unspecified atom stereocenters. The number of rotatable bonds is 3. The number of fused-ring (bicyclic) bond motifs is 1. The average molecular weight is 477 g/mol. The van der Waals surface area contributed by atoms with Gasteiger partial charge in [0.15, 0.2) is 5.58 Å². The van der Waals surface area contributed by atoms with E-state index in [-0.39, 0.29) is 16.6 Å². The van der Waals surface area contributed by atoms with E-state index >= 15 is 0 Å². The van der Waals surface area contributed by atoms with Gasteiger partial charge in [0.25, 0.3) is 0 Å². The molecule has 0 aliphatic carbocycles. The summed E-state index contributed by atoms with van der Waals surface area (Å²) >= 11 is 0. The predicted octanol–water partition coefficient (Wildman–Crippen LogP) is 8.52. The van der Waals surface area contributed by atoms with Crippen LogP contribution in [0.1, 0.15) is 52.7 Å². The fourth-order valence-corrected chi connectivity index (χ4v) is 4.73. The quantitative estimate of drug-likeness (QED) is 0.283. The average Bonchev–Trinajstić information content (AvgIpc) is 3.27. The van der Waals surface area contributed by atoms with E-state index in [1.54, 1.807) is 12.1 Å². The number of aromatic hydroxyl groups is 1. The summed E-state index contributed by atoms with van der Waals surface area (Å²) in [7, 11) is 0. The van der Waals surface area contributed by atoms with Gasteiger partial charge in [-0.25, -0.2) is 4.98 Å². The van der Waals surface area contributed by atoms with Crippen molar-refractivity contribution in [2.24, 2.45) is 0 Å². The van der Waals surface area contributed by atoms with Crippen LogP contribution in [0.5, 0.6) is 5.75 Å². The second-order valence-electron chi connectivity index (χ2n) is 11.3. The number of hydrogen-bond donors (Lipinski definition) is 1. The lowest BCUT2D eigenvalue weighted by molar-refractivity contribution is 0.474. The summed E-state index contributed by atoms with van der Waals surface area (Å²) in [5.41, 5.74) is 8.55. The third-order valence-corrected chi connectivity index (χ3v) is 6.56. The molecule has 0 radical (unpaired) electrons. The van der Waals surface area contributed by atoms with Crippen molar-refractivity contribution in [2.45, 2.75) is 52.4 Å². The van der Waals surface area contributed by atoms with Crippen LogP contribution in [-0.4, -0.2) is 15.1 Å². The molecule has 3 aromatic carbocycles. The Morgan fingerprint density at radius 2 is 1.33 bits per heavy atom. The minimum atomic E-state index is -0.107. The molecule has 1 N–H and O–H groups in total. The van der Waals surface area contributed by atoms with Crippen molar-refractivity contribution in [1.29, 1.82) is 0 Å². The molecule has 5 rings (SSSR count). The maximum atomic E-state index is 10.4. The monoisotopic (exact) mass is 476 g/mol.